The molecule has 2 amide bonds. The molecular weight excluding hydrogens is 468 g/mol. The number of nitrogens with zero attached hydrogens (tertiary/aromatic N) is 2. The maximum absolute atomic E-state index is 12.9. The van der Waals surface area contributed by atoms with Crippen molar-refractivity contribution in [1.29, 1.82) is 0 Å². The lowest BCUT2D eigenvalue weighted by Crippen LogP contribution is -2.24. The van der Waals surface area contributed by atoms with Crippen LogP contribution >= 0.6 is 27.7 Å². The standard InChI is InChI=1S/C21H21BrN4O3S/c1-3-9-26-20(29)17-10-14(22)7-8-18(17)25-21(26)30-12-19(28)24-16-6-4-5-15(11-16)23-13(2)27/h4-8,10-11H,3,9,12H2,1-2H3,(H,23,27)(H,24,28). The number of aromatic nitrogens is 2. The van der Waals surface area contributed by atoms with Crippen LogP contribution in [0.2, 0.25) is 0 Å². The first-order chi connectivity index (χ1) is 14.4. The van der Waals surface area contributed by atoms with Crippen LogP contribution in [0.25, 0.3) is 10.9 Å². The van der Waals surface area contributed by atoms with Crippen molar-refractivity contribution in [2.24, 2.45) is 0 Å². The summed E-state index contributed by atoms with van der Waals surface area (Å²) in [5.74, 6) is -0.312. The monoisotopic (exact) mass is 488 g/mol. The molecule has 0 aliphatic rings. The zero-order valence-electron chi connectivity index (χ0n) is 16.6. The topological polar surface area (TPSA) is 93.1 Å². The summed E-state index contributed by atoms with van der Waals surface area (Å²) in [6.07, 6.45) is 0.775. The second-order valence-electron chi connectivity index (χ2n) is 6.61. The minimum Gasteiger partial charge on any atom is -0.326 e. The molecule has 0 saturated carbocycles. The summed E-state index contributed by atoms with van der Waals surface area (Å²) < 4.78 is 2.43. The third-order valence-electron chi connectivity index (χ3n) is 4.13. The van der Waals surface area contributed by atoms with E-state index in [1.165, 1.54) is 18.7 Å². The lowest BCUT2D eigenvalue weighted by molar-refractivity contribution is -0.114. The van der Waals surface area contributed by atoms with Gasteiger partial charge in [0.1, 0.15) is 0 Å². The van der Waals surface area contributed by atoms with Crippen LogP contribution in [-0.2, 0) is 16.1 Å². The van der Waals surface area contributed by atoms with E-state index in [0.29, 0.717) is 34.0 Å². The fourth-order valence-electron chi connectivity index (χ4n) is 2.91. The first kappa shape index (κ1) is 22.0. The molecule has 7 nitrogen and oxygen atoms in total. The SMILES string of the molecule is CCCn1c(SCC(=O)Nc2cccc(NC(C)=O)c2)nc2ccc(Br)cc2c1=O. The molecule has 0 aliphatic heterocycles. The lowest BCUT2D eigenvalue weighted by atomic mass is 10.2. The van der Waals surface area contributed by atoms with Crippen LogP contribution in [0.4, 0.5) is 11.4 Å². The van der Waals surface area contributed by atoms with Gasteiger partial charge in [-0.25, -0.2) is 4.98 Å². The molecule has 1 heterocycles. The Morgan fingerprint density at radius 2 is 1.87 bits per heavy atom. The number of hydrogen-bond donors (Lipinski definition) is 2. The number of benzene rings is 2. The molecule has 0 fully saturated rings. The van der Waals surface area contributed by atoms with Crippen molar-refractivity contribution in [2.45, 2.75) is 32.0 Å². The summed E-state index contributed by atoms with van der Waals surface area (Å²) >= 11 is 4.61. The summed E-state index contributed by atoms with van der Waals surface area (Å²) in [4.78, 5) is 41.1. The average Bonchev–Trinajstić information content (AvgIpc) is 2.69. The van der Waals surface area contributed by atoms with Gasteiger partial charge in [0.2, 0.25) is 11.8 Å². The number of rotatable bonds is 7. The lowest BCUT2D eigenvalue weighted by Gasteiger charge is -2.12. The van der Waals surface area contributed by atoms with Crippen molar-refractivity contribution < 1.29 is 9.59 Å². The molecule has 0 saturated heterocycles. The maximum Gasteiger partial charge on any atom is 0.262 e. The van der Waals surface area contributed by atoms with Crippen molar-refractivity contribution in [3.8, 4) is 0 Å². The molecule has 0 bridgehead atoms. The minimum absolute atomic E-state index is 0.0998. The minimum atomic E-state index is -0.229. The second kappa shape index (κ2) is 9.90. The van der Waals surface area contributed by atoms with Crippen LogP contribution in [-0.4, -0.2) is 27.1 Å². The van der Waals surface area contributed by atoms with Crippen molar-refractivity contribution in [3.05, 3.63) is 57.3 Å². The highest BCUT2D eigenvalue weighted by Gasteiger charge is 2.13. The highest BCUT2D eigenvalue weighted by atomic mass is 79.9. The Hall–Kier alpha value is -2.65. The molecule has 0 aliphatic carbocycles. The van der Waals surface area contributed by atoms with Gasteiger partial charge in [-0.1, -0.05) is 40.7 Å². The number of amides is 2. The highest BCUT2D eigenvalue weighted by Crippen LogP contribution is 2.21. The van der Waals surface area contributed by atoms with Crippen LogP contribution in [0.3, 0.4) is 0 Å². The van der Waals surface area contributed by atoms with Crippen molar-refractivity contribution in [2.75, 3.05) is 16.4 Å². The number of hydrogen-bond acceptors (Lipinski definition) is 5. The van der Waals surface area contributed by atoms with Crippen LogP contribution < -0.4 is 16.2 Å². The van der Waals surface area contributed by atoms with Crippen LogP contribution in [0.15, 0.2) is 56.9 Å². The Bertz CT molecular complexity index is 1160. The Kier molecular flexibility index (Phi) is 7.28. The molecule has 0 spiro atoms. The number of thioether (sulfide) groups is 1. The van der Waals surface area contributed by atoms with Crippen molar-refractivity contribution in [1.82, 2.24) is 9.55 Å². The zero-order chi connectivity index (χ0) is 21.7. The Labute approximate surface area is 186 Å². The molecule has 2 N–H and O–H groups in total. The van der Waals surface area contributed by atoms with E-state index in [4.69, 9.17) is 0 Å². The molecule has 9 heteroatoms. The Morgan fingerprint density at radius 1 is 1.13 bits per heavy atom. The van der Waals surface area contributed by atoms with Gasteiger partial charge in [0, 0.05) is 29.3 Å². The molecule has 2 aromatic carbocycles. The summed E-state index contributed by atoms with van der Waals surface area (Å²) in [6.45, 7) is 3.94. The van der Waals surface area contributed by atoms with Gasteiger partial charge in [0.15, 0.2) is 5.16 Å². The number of carbonyl (C=O) groups excluding carboxylic acids is 2. The first-order valence-electron chi connectivity index (χ1n) is 9.37. The number of fused-ring (bicyclic) bond motifs is 1. The van der Waals surface area contributed by atoms with Gasteiger partial charge in [-0.15, -0.1) is 0 Å². The smallest absolute Gasteiger partial charge is 0.262 e. The Morgan fingerprint density at radius 3 is 2.57 bits per heavy atom. The second-order valence-corrected chi connectivity index (χ2v) is 8.47. The predicted octanol–water partition coefficient (Wildman–Crippen LogP) is 4.26. The first-order valence-corrected chi connectivity index (χ1v) is 11.2. The molecular formula is C21H21BrN4O3S. The maximum atomic E-state index is 12.9. The number of carbonyl (C=O) groups is 2. The van der Waals surface area contributed by atoms with Crippen molar-refractivity contribution >= 4 is 61.8 Å². The van der Waals surface area contributed by atoms with Gasteiger partial charge in [-0.05, 0) is 42.8 Å². The van der Waals surface area contributed by atoms with Gasteiger partial charge >= 0.3 is 0 Å². The van der Waals surface area contributed by atoms with Gasteiger partial charge in [-0.3, -0.25) is 19.0 Å². The quantitative estimate of drug-likeness (QED) is 0.382. The molecule has 156 valence electrons. The molecule has 0 radical (unpaired) electrons. The third-order valence-corrected chi connectivity index (χ3v) is 5.60. The summed E-state index contributed by atoms with van der Waals surface area (Å²) in [5.41, 5.74) is 1.66. The molecule has 0 atom stereocenters. The highest BCUT2D eigenvalue weighted by molar-refractivity contribution is 9.10. The molecule has 30 heavy (non-hydrogen) atoms. The molecule has 0 unspecified atom stereocenters. The summed E-state index contributed by atoms with van der Waals surface area (Å²) in [5, 5.41) is 6.54. The van der Waals surface area contributed by atoms with Crippen molar-refractivity contribution in [3.63, 3.8) is 0 Å². The zero-order valence-corrected chi connectivity index (χ0v) is 19.0. The van der Waals surface area contributed by atoms with Gasteiger partial charge in [0.05, 0.1) is 16.7 Å². The molecule has 1 aromatic heterocycles. The number of halogens is 1. The largest absolute Gasteiger partial charge is 0.326 e. The number of nitrogens with one attached hydrogen (secondary N) is 2. The fraction of sp³-hybridized carbons (Fsp3) is 0.238. The molecule has 3 aromatic rings. The summed E-state index contributed by atoms with van der Waals surface area (Å²) in [7, 11) is 0. The van der Waals surface area contributed by atoms with Gasteiger partial charge in [0.25, 0.3) is 5.56 Å². The molecule has 3 rings (SSSR count). The van der Waals surface area contributed by atoms with E-state index in [9.17, 15) is 14.4 Å². The van der Waals surface area contributed by atoms with E-state index >= 15 is 0 Å². The number of anilines is 2. The fourth-order valence-corrected chi connectivity index (χ4v) is 4.10. The summed E-state index contributed by atoms with van der Waals surface area (Å²) in [6, 6.07) is 12.3. The Balaban J connectivity index is 1.77. The van der Waals surface area contributed by atoms with E-state index < -0.39 is 0 Å². The van der Waals surface area contributed by atoms with Crippen LogP contribution in [0.5, 0.6) is 0 Å². The van der Waals surface area contributed by atoms with Gasteiger partial charge < -0.3 is 10.6 Å². The van der Waals surface area contributed by atoms with E-state index in [2.05, 4.69) is 31.5 Å². The van der Waals surface area contributed by atoms with Gasteiger partial charge in [-0.2, -0.15) is 0 Å². The van der Waals surface area contributed by atoms with E-state index in [-0.39, 0.29) is 23.1 Å². The van der Waals surface area contributed by atoms with E-state index in [1.807, 2.05) is 13.0 Å². The normalized spacial score (nSPS) is 10.8. The predicted molar refractivity (Wildman–Crippen MR) is 124 cm³/mol. The van der Waals surface area contributed by atoms with E-state index in [1.54, 1.807) is 41.0 Å². The third kappa shape index (κ3) is 5.48. The van der Waals surface area contributed by atoms with Crippen LogP contribution in [0, 0.1) is 0 Å². The van der Waals surface area contributed by atoms with Crippen LogP contribution in [0.1, 0.15) is 20.3 Å². The van der Waals surface area contributed by atoms with E-state index in [0.717, 1.165) is 10.9 Å². The average molecular weight is 489 g/mol.